The minimum absolute atomic E-state index is 0.0235. The van der Waals surface area contributed by atoms with E-state index < -0.39 is 0 Å². The SMILES string of the molecule is CC(C)c1nnsc1C(=O)NC1CCCC1C#N. The quantitative estimate of drug-likeness (QED) is 0.906. The zero-order valence-electron chi connectivity index (χ0n) is 10.5. The monoisotopic (exact) mass is 264 g/mol. The second-order valence-corrected chi connectivity index (χ2v) is 5.64. The highest BCUT2D eigenvalue weighted by molar-refractivity contribution is 7.08. The van der Waals surface area contributed by atoms with Crippen LogP contribution < -0.4 is 5.32 Å². The van der Waals surface area contributed by atoms with Gasteiger partial charge >= 0.3 is 0 Å². The third kappa shape index (κ3) is 2.51. The van der Waals surface area contributed by atoms with Crippen LogP contribution in [0.5, 0.6) is 0 Å². The van der Waals surface area contributed by atoms with Gasteiger partial charge in [0.1, 0.15) is 4.88 Å². The van der Waals surface area contributed by atoms with Crippen molar-refractivity contribution in [2.75, 3.05) is 0 Å². The summed E-state index contributed by atoms with van der Waals surface area (Å²) in [5, 5.41) is 15.9. The number of amides is 1. The van der Waals surface area contributed by atoms with Gasteiger partial charge in [-0.15, -0.1) is 5.10 Å². The highest BCUT2D eigenvalue weighted by Gasteiger charge is 2.30. The molecule has 1 aromatic rings. The summed E-state index contributed by atoms with van der Waals surface area (Å²) in [7, 11) is 0. The number of hydrogen-bond donors (Lipinski definition) is 1. The molecule has 5 nitrogen and oxygen atoms in total. The predicted molar refractivity (Wildman–Crippen MR) is 68.2 cm³/mol. The number of rotatable bonds is 3. The molecule has 2 atom stereocenters. The van der Waals surface area contributed by atoms with Crippen LogP contribution in [0.1, 0.15) is 54.4 Å². The van der Waals surface area contributed by atoms with E-state index in [1.165, 1.54) is 0 Å². The van der Waals surface area contributed by atoms with Crippen LogP contribution in [-0.4, -0.2) is 21.5 Å². The van der Waals surface area contributed by atoms with Crippen LogP contribution >= 0.6 is 11.5 Å². The largest absolute Gasteiger partial charge is 0.347 e. The number of carbonyl (C=O) groups is 1. The molecule has 0 aromatic carbocycles. The van der Waals surface area contributed by atoms with E-state index in [0.29, 0.717) is 4.88 Å². The number of carbonyl (C=O) groups excluding carboxylic acids is 1. The molecule has 1 aliphatic carbocycles. The summed E-state index contributed by atoms with van der Waals surface area (Å²) >= 11 is 1.12. The fourth-order valence-corrected chi connectivity index (χ4v) is 2.98. The van der Waals surface area contributed by atoms with E-state index in [9.17, 15) is 4.79 Å². The Morgan fingerprint density at radius 3 is 3.00 bits per heavy atom. The van der Waals surface area contributed by atoms with Gasteiger partial charge < -0.3 is 5.32 Å². The molecule has 0 saturated heterocycles. The van der Waals surface area contributed by atoms with Crippen LogP contribution in [0.4, 0.5) is 0 Å². The fourth-order valence-electron chi connectivity index (χ4n) is 2.25. The first-order valence-electron chi connectivity index (χ1n) is 6.16. The summed E-state index contributed by atoms with van der Waals surface area (Å²) in [5.74, 6) is -0.0157. The second kappa shape index (κ2) is 5.44. The summed E-state index contributed by atoms with van der Waals surface area (Å²) in [4.78, 5) is 12.7. The first-order chi connectivity index (χ1) is 8.63. The molecule has 2 rings (SSSR count). The van der Waals surface area contributed by atoms with Crippen molar-refractivity contribution in [3.8, 4) is 6.07 Å². The van der Waals surface area contributed by atoms with Crippen molar-refractivity contribution in [1.82, 2.24) is 14.9 Å². The Kier molecular flexibility index (Phi) is 3.92. The lowest BCUT2D eigenvalue weighted by atomic mass is 10.1. The topological polar surface area (TPSA) is 78.7 Å². The average molecular weight is 264 g/mol. The Hall–Kier alpha value is -1.48. The Morgan fingerprint density at radius 2 is 2.33 bits per heavy atom. The first-order valence-corrected chi connectivity index (χ1v) is 6.93. The van der Waals surface area contributed by atoms with Crippen LogP contribution in [0.3, 0.4) is 0 Å². The Morgan fingerprint density at radius 1 is 1.56 bits per heavy atom. The molecule has 1 aromatic heterocycles. The Bertz CT molecular complexity index is 477. The third-order valence-corrected chi connectivity index (χ3v) is 4.01. The minimum atomic E-state index is -0.138. The lowest BCUT2D eigenvalue weighted by molar-refractivity contribution is 0.0935. The first kappa shape index (κ1) is 13.0. The Balaban J connectivity index is 2.08. The number of nitrogens with one attached hydrogen (secondary N) is 1. The maximum absolute atomic E-state index is 12.2. The van der Waals surface area contributed by atoms with Crippen molar-refractivity contribution >= 4 is 17.4 Å². The van der Waals surface area contributed by atoms with Crippen molar-refractivity contribution in [1.29, 1.82) is 5.26 Å². The van der Waals surface area contributed by atoms with Crippen molar-refractivity contribution in [2.24, 2.45) is 5.92 Å². The molecule has 1 N–H and O–H groups in total. The highest BCUT2D eigenvalue weighted by Crippen LogP contribution is 2.26. The van der Waals surface area contributed by atoms with Gasteiger partial charge in [-0.2, -0.15) is 5.26 Å². The summed E-state index contributed by atoms with van der Waals surface area (Å²) in [6.45, 7) is 3.97. The van der Waals surface area contributed by atoms with E-state index >= 15 is 0 Å². The van der Waals surface area contributed by atoms with Crippen molar-refractivity contribution in [3.05, 3.63) is 10.6 Å². The predicted octanol–water partition coefficient (Wildman–Crippen LogP) is 2.08. The molecular weight excluding hydrogens is 248 g/mol. The van der Waals surface area contributed by atoms with Crippen LogP contribution in [-0.2, 0) is 0 Å². The molecule has 18 heavy (non-hydrogen) atoms. The van der Waals surface area contributed by atoms with E-state index in [0.717, 1.165) is 36.5 Å². The molecule has 0 radical (unpaired) electrons. The van der Waals surface area contributed by atoms with Gasteiger partial charge in [0.15, 0.2) is 0 Å². The van der Waals surface area contributed by atoms with E-state index in [1.54, 1.807) is 0 Å². The van der Waals surface area contributed by atoms with Crippen LogP contribution in [0.2, 0.25) is 0 Å². The van der Waals surface area contributed by atoms with Crippen molar-refractivity contribution in [3.63, 3.8) is 0 Å². The van der Waals surface area contributed by atoms with E-state index in [4.69, 9.17) is 5.26 Å². The second-order valence-electron chi connectivity index (χ2n) is 4.89. The lowest BCUT2D eigenvalue weighted by Gasteiger charge is -2.15. The average Bonchev–Trinajstić information content (AvgIpc) is 2.96. The number of aromatic nitrogens is 2. The lowest BCUT2D eigenvalue weighted by Crippen LogP contribution is -2.37. The van der Waals surface area contributed by atoms with E-state index in [1.807, 2.05) is 13.8 Å². The van der Waals surface area contributed by atoms with Gasteiger partial charge in [0.25, 0.3) is 5.91 Å². The molecule has 6 heteroatoms. The fraction of sp³-hybridized carbons (Fsp3) is 0.667. The standard InChI is InChI=1S/C12H16N4OS/c1-7(2)10-11(18-16-15-10)12(17)14-9-5-3-4-8(9)6-13/h7-9H,3-5H2,1-2H3,(H,14,17). The number of nitrogens with zero attached hydrogens (tertiary/aromatic N) is 3. The molecule has 1 fully saturated rings. The maximum Gasteiger partial charge on any atom is 0.265 e. The summed E-state index contributed by atoms with van der Waals surface area (Å²) < 4.78 is 3.84. The van der Waals surface area contributed by atoms with E-state index in [-0.39, 0.29) is 23.8 Å². The number of hydrogen-bond acceptors (Lipinski definition) is 5. The maximum atomic E-state index is 12.2. The molecule has 0 aliphatic heterocycles. The van der Waals surface area contributed by atoms with E-state index in [2.05, 4.69) is 21.0 Å². The summed E-state index contributed by atoms with van der Waals surface area (Å²) in [6.07, 6.45) is 2.76. The van der Waals surface area contributed by atoms with Gasteiger partial charge in [-0.3, -0.25) is 4.79 Å². The Labute approximate surface area is 110 Å². The molecular formula is C12H16N4OS. The molecule has 1 heterocycles. The van der Waals surface area contributed by atoms with Crippen molar-refractivity contribution in [2.45, 2.75) is 45.1 Å². The highest BCUT2D eigenvalue weighted by atomic mass is 32.1. The molecule has 96 valence electrons. The minimum Gasteiger partial charge on any atom is -0.347 e. The van der Waals surface area contributed by atoms with Gasteiger partial charge in [0.2, 0.25) is 0 Å². The molecule has 2 unspecified atom stereocenters. The van der Waals surface area contributed by atoms with Crippen LogP contribution in [0.25, 0.3) is 0 Å². The molecule has 1 saturated carbocycles. The smallest absolute Gasteiger partial charge is 0.265 e. The van der Waals surface area contributed by atoms with Gasteiger partial charge in [0.05, 0.1) is 17.7 Å². The molecule has 1 amide bonds. The van der Waals surface area contributed by atoms with Crippen LogP contribution in [0, 0.1) is 17.2 Å². The van der Waals surface area contributed by atoms with Crippen molar-refractivity contribution < 1.29 is 4.79 Å². The third-order valence-electron chi connectivity index (χ3n) is 3.26. The zero-order chi connectivity index (χ0) is 13.1. The molecule has 0 bridgehead atoms. The zero-order valence-corrected chi connectivity index (χ0v) is 11.3. The number of nitriles is 1. The van der Waals surface area contributed by atoms with Gasteiger partial charge in [-0.05, 0) is 36.7 Å². The normalized spacial score (nSPS) is 23.0. The summed E-state index contributed by atoms with van der Waals surface area (Å²) in [5.41, 5.74) is 0.740. The van der Waals surface area contributed by atoms with Gasteiger partial charge in [0, 0.05) is 6.04 Å². The van der Waals surface area contributed by atoms with Gasteiger partial charge in [-0.25, -0.2) is 0 Å². The van der Waals surface area contributed by atoms with Gasteiger partial charge in [-0.1, -0.05) is 18.3 Å². The summed E-state index contributed by atoms with van der Waals surface area (Å²) in [6, 6.07) is 2.24. The van der Waals surface area contributed by atoms with Crippen LogP contribution in [0.15, 0.2) is 0 Å². The molecule has 0 spiro atoms. The molecule has 1 aliphatic rings.